The molecule has 1 aromatic carbocycles. The number of rotatable bonds is 5. The number of nitrogens with zero attached hydrogens (tertiary/aromatic N) is 2. The van der Waals surface area contributed by atoms with E-state index in [1.54, 1.807) is 24.4 Å². The monoisotopic (exact) mass is 297 g/mol. The molecule has 0 radical (unpaired) electrons. The van der Waals surface area contributed by atoms with E-state index < -0.39 is 0 Å². The van der Waals surface area contributed by atoms with Crippen LogP contribution in [0.25, 0.3) is 0 Å². The van der Waals surface area contributed by atoms with E-state index in [2.05, 4.69) is 21.4 Å². The molecule has 0 bridgehead atoms. The standard InChI is InChI=1S/C17H19N3O2/c1-2-11-22-15-6-4-3-5-14(15)17(21)19-13-7-9-20-10-8-18-16(20)12-13/h2-6,8,10,13H,1,7,9,11-12H2,(H,19,21). The molecule has 2 aromatic rings. The number of nitrogens with one attached hydrogen (secondary N) is 1. The second-order valence-electron chi connectivity index (χ2n) is 5.30. The second kappa shape index (κ2) is 6.47. The van der Waals surface area contributed by atoms with Gasteiger partial charge in [0.2, 0.25) is 0 Å². The van der Waals surface area contributed by atoms with Crippen LogP contribution in [0.4, 0.5) is 0 Å². The molecule has 1 unspecified atom stereocenters. The number of para-hydroxylation sites is 1. The van der Waals surface area contributed by atoms with Crippen LogP contribution in [0.1, 0.15) is 22.6 Å². The lowest BCUT2D eigenvalue weighted by molar-refractivity contribution is 0.0927. The molecule has 0 fully saturated rings. The van der Waals surface area contributed by atoms with E-state index in [-0.39, 0.29) is 11.9 Å². The fraction of sp³-hybridized carbons (Fsp3) is 0.294. The molecule has 114 valence electrons. The van der Waals surface area contributed by atoms with Crippen molar-refractivity contribution in [3.05, 3.63) is 60.7 Å². The first kappa shape index (κ1) is 14.4. The molecule has 1 atom stereocenters. The van der Waals surface area contributed by atoms with E-state index in [4.69, 9.17) is 4.74 Å². The molecule has 22 heavy (non-hydrogen) atoms. The summed E-state index contributed by atoms with van der Waals surface area (Å²) in [5.41, 5.74) is 0.554. The number of aromatic nitrogens is 2. The Balaban J connectivity index is 1.69. The van der Waals surface area contributed by atoms with Crippen LogP contribution in [0.2, 0.25) is 0 Å². The Morgan fingerprint density at radius 1 is 1.50 bits per heavy atom. The molecule has 1 amide bonds. The molecule has 1 aliphatic heterocycles. The van der Waals surface area contributed by atoms with Gasteiger partial charge in [0, 0.05) is 31.4 Å². The Hall–Kier alpha value is -2.56. The summed E-state index contributed by atoms with van der Waals surface area (Å²) in [6.07, 6.45) is 7.11. The number of aryl methyl sites for hydroxylation is 1. The summed E-state index contributed by atoms with van der Waals surface area (Å²) in [7, 11) is 0. The van der Waals surface area contributed by atoms with E-state index in [9.17, 15) is 4.79 Å². The van der Waals surface area contributed by atoms with Gasteiger partial charge in [-0.3, -0.25) is 4.79 Å². The van der Waals surface area contributed by atoms with Crippen molar-refractivity contribution in [2.24, 2.45) is 0 Å². The molecule has 0 saturated carbocycles. The van der Waals surface area contributed by atoms with Crippen molar-refractivity contribution in [1.82, 2.24) is 14.9 Å². The van der Waals surface area contributed by atoms with Gasteiger partial charge < -0.3 is 14.6 Å². The number of fused-ring (bicyclic) bond motifs is 1. The van der Waals surface area contributed by atoms with Gasteiger partial charge in [0.15, 0.2) is 0 Å². The second-order valence-corrected chi connectivity index (χ2v) is 5.30. The average molecular weight is 297 g/mol. The Morgan fingerprint density at radius 2 is 2.36 bits per heavy atom. The van der Waals surface area contributed by atoms with Crippen LogP contribution in [0.15, 0.2) is 49.3 Å². The Kier molecular flexibility index (Phi) is 4.23. The number of hydrogen-bond donors (Lipinski definition) is 1. The molecular weight excluding hydrogens is 278 g/mol. The third-order valence-electron chi connectivity index (χ3n) is 3.77. The maximum Gasteiger partial charge on any atom is 0.255 e. The molecule has 1 aromatic heterocycles. The summed E-state index contributed by atoms with van der Waals surface area (Å²) in [5.74, 6) is 1.50. The SMILES string of the molecule is C=CCOc1ccccc1C(=O)NC1CCn2ccnc2C1. The van der Waals surface area contributed by atoms with E-state index in [0.29, 0.717) is 17.9 Å². The molecule has 0 aliphatic carbocycles. The summed E-state index contributed by atoms with van der Waals surface area (Å²) >= 11 is 0. The van der Waals surface area contributed by atoms with Crippen molar-refractivity contribution in [3.8, 4) is 5.75 Å². The van der Waals surface area contributed by atoms with Crippen LogP contribution in [0.5, 0.6) is 5.75 Å². The molecule has 1 N–H and O–H groups in total. The summed E-state index contributed by atoms with van der Waals surface area (Å²) in [6, 6.07) is 7.37. The number of carbonyl (C=O) groups excluding carboxylic acids is 1. The van der Waals surface area contributed by atoms with Gasteiger partial charge >= 0.3 is 0 Å². The van der Waals surface area contributed by atoms with Crippen molar-refractivity contribution in [2.75, 3.05) is 6.61 Å². The minimum atomic E-state index is -0.107. The number of ether oxygens (including phenoxy) is 1. The lowest BCUT2D eigenvalue weighted by Gasteiger charge is -2.24. The normalized spacial score (nSPS) is 16.6. The van der Waals surface area contributed by atoms with Gasteiger partial charge in [0.05, 0.1) is 5.56 Å². The Bertz CT molecular complexity index is 678. The number of imidazole rings is 1. The average Bonchev–Trinajstić information content (AvgIpc) is 3.00. The zero-order chi connectivity index (χ0) is 15.4. The molecule has 2 heterocycles. The predicted octanol–water partition coefficient (Wildman–Crippen LogP) is 2.19. The van der Waals surface area contributed by atoms with Crippen LogP contribution >= 0.6 is 0 Å². The first-order valence-corrected chi connectivity index (χ1v) is 7.41. The van der Waals surface area contributed by atoms with Crippen molar-refractivity contribution in [2.45, 2.75) is 25.4 Å². The van der Waals surface area contributed by atoms with Gasteiger partial charge in [-0.25, -0.2) is 4.98 Å². The maximum atomic E-state index is 12.5. The maximum absolute atomic E-state index is 12.5. The van der Waals surface area contributed by atoms with E-state index >= 15 is 0 Å². The van der Waals surface area contributed by atoms with Gasteiger partial charge in [0.1, 0.15) is 18.2 Å². The molecule has 3 rings (SSSR count). The van der Waals surface area contributed by atoms with Crippen molar-refractivity contribution in [3.63, 3.8) is 0 Å². The molecule has 5 heteroatoms. The Morgan fingerprint density at radius 3 is 3.23 bits per heavy atom. The number of benzene rings is 1. The van der Waals surface area contributed by atoms with Crippen LogP contribution in [-0.2, 0) is 13.0 Å². The fourth-order valence-corrected chi connectivity index (χ4v) is 2.67. The van der Waals surface area contributed by atoms with Crippen LogP contribution < -0.4 is 10.1 Å². The van der Waals surface area contributed by atoms with Gasteiger partial charge in [0.25, 0.3) is 5.91 Å². The minimum Gasteiger partial charge on any atom is -0.489 e. The number of amides is 1. The summed E-state index contributed by atoms with van der Waals surface area (Å²) < 4.78 is 7.67. The van der Waals surface area contributed by atoms with Crippen molar-refractivity contribution < 1.29 is 9.53 Å². The number of carbonyl (C=O) groups is 1. The van der Waals surface area contributed by atoms with E-state index in [1.165, 1.54) is 0 Å². The highest BCUT2D eigenvalue weighted by atomic mass is 16.5. The fourth-order valence-electron chi connectivity index (χ4n) is 2.67. The minimum absolute atomic E-state index is 0.106. The molecule has 0 saturated heterocycles. The lowest BCUT2D eigenvalue weighted by Crippen LogP contribution is -2.40. The van der Waals surface area contributed by atoms with Crippen molar-refractivity contribution >= 4 is 5.91 Å². The lowest BCUT2D eigenvalue weighted by atomic mass is 10.1. The third-order valence-corrected chi connectivity index (χ3v) is 3.77. The van der Waals surface area contributed by atoms with Crippen LogP contribution in [-0.4, -0.2) is 28.1 Å². The topological polar surface area (TPSA) is 56.1 Å². The smallest absolute Gasteiger partial charge is 0.255 e. The van der Waals surface area contributed by atoms with Gasteiger partial charge in [-0.15, -0.1) is 0 Å². The number of hydrogen-bond acceptors (Lipinski definition) is 3. The van der Waals surface area contributed by atoms with Crippen molar-refractivity contribution in [1.29, 1.82) is 0 Å². The zero-order valence-electron chi connectivity index (χ0n) is 12.4. The highest BCUT2D eigenvalue weighted by molar-refractivity contribution is 5.97. The zero-order valence-corrected chi connectivity index (χ0v) is 12.4. The van der Waals surface area contributed by atoms with E-state index in [1.807, 2.05) is 18.3 Å². The van der Waals surface area contributed by atoms with Gasteiger partial charge in [-0.2, -0.15) is 0 Å². The molecule has 5 nitrogen and oxygen atoms in total. The third kappa shape index (κ3) is 3.03. The largest absolute Gasteiger partial charge is 0.489 e. The van der Waals surface area contributed by atoms with Crippen LogP contribution in [0, 0.1) is 0 Å². The van der Waals surface area contributed by atoms with Crippen LogP contribution in [0.3, 0.4) is 0 Å². The first-order chi connectivity index (χ1) is 10.8. The highest BCUT2D eigenvalue weighted by Crippen LogP contribution is 2.19. The first-order valence-electron chi connectivity index (χ1n) is 7.41. The Labute approximate surface area is 129 Å². The van der Waals surface area contributed by atoms with Gasteiger partial charge in [-0.05, 0) is 18.6 Å². The summed E-state index contributed by atoms with van der Waals surface area (Å²) in [4.78, 5) is 16.8. The molecule has 1 aliphatic rings. The quantitative estimate of drug-likeness (QED) is 0.861. The molecular formula is C17H19N3O2. The van der Waals surface area contributed by atoms with Gasteiger partial charge in [-0.1, -0.05) is 24.8 Å². The summed E-state index contributed by atoms with van der Waals surface area (Å²) in [5, 5.41) is 3.08. The predicted molar refractivity (Wildman–Crippen MR) is 83.9 cm³/mol. The molecule has 0 spiro atoms. The summed E-state index contributed by atoms with van der Waals surface area (Å²) in [6.45, 7) is 4.89. The highest BCUT2D eigenvalue weighted by Gasteiger charge is 2.22. The van der Waals surface area contributed by atoms with E-state index in [0.717, 1.165) is 25.2 Å².